The first-order valence-corrected chi connectivity index (χ1v) is 6.78. The summed E-state index contributed by atoms with van der Waals surface area (Å²) in [5.74, 6) is 0. The molecule has 78 valence electrons. The van der Waals surface area contributed by atoms with Crippen LogP contribution in [0.2, 0.25) is 10.0 Å². The summed E-state index contributed by atoms with van der Waals surface area (Å²) in [5, 5.41) is 3.70. The lowest BCUT2D eigenvalue weighted by Crippen LogP contribution is -1.86. The number of pyridine rings is 1. The Morgan fingerprint density at radius 3 is 2.53 bits per heavy atom. The van der Waals surface area contributed by atoms with Gasteiger partial charge in [-0.2, -0.15) is 0 Å². The number of fused-ring (bicyclic) bond motifs is 1. The van der Waals surface area contributed by atoms with Crippen molar-refractivity contribution in [2.24, 2.45) is 0 Å². The van der Waals surface area contributed by atoms with Crippen LogP contribution in [0.1, 0.15) is 5.56 Å². The Hall–Kier alpha value is 0.170. The summed E-state index contributed by atoms with van der Waals surface area (Å²) in [5.41, 5.74) is 0.973. The van der Waals surface area contributed by atoms with Crippen LogP contribution >= 0.6 is 55.1 Å². The predicted molar refractivity (Wildman–Crippen MR) is 72.1 cm³/mol. The van der Waals surface area contributed by atoms with Crippen molar-refractivity contribution in [3.05, 3.63) is 38.5 Å². The molecular weight excluding hydrogens is 365 g/mol. The molecule has 5 heteroatoms. The summed E-state index contributed by atoms with van der Waals surface area (Å²) in [6.07, 6.45) is 3.46. The number of hydrogen-bond acceptors (Lipinski definition) is 1. The van der Waals surface area contributed by atoms with Crippen LogP contribution in [-0.4, -0.2) is 4.98 Å². The van der Waals surface area contributed by atoms with Gasteiger partial charge in [0.2, 0.25) is 0 Å². The maximum Gasteiger partial charge on any atom is 0.0689 e. The highest BCUT2D eigenvalue weighted by Crippen LogP contribution is 2.37. The van der Waals surface area contributed by atoms with Crippen LogP contribution in [0, 0.1) is 0 Å². The molecule has 0 aliphatic heterocycles. The predicted octanol–water partition coefficient (Wildman–Crippen LogP) is 5.20. The lowest BCUT2D eigenvalue weighted by molar-refractivity contribution is 1.34. The molecule has 0 radical (unpaired) electrons. The third kappa shape index (κ3) is 2.03. The van der Waals surface area contributed by atoms with Gasteiger partial charge in [-0.15, -0.1) is 0 Å². The van der Waals surface area contributed by atoms with Crippen LogP contribution in [-0.2, 0) is 5.33 Å². The molecule has 0 bridgehead atoms. The molecule has 0 amide bonds. The van der Waals surface area contributed by atoms with Crippen LogP contribution in [0.4, 0.5) is 0 Å². The Morgan fingerprint density at radius 2 is 1.87 bits per heavy atom. The molecule has 1 nitrogen and oxygen atoms in total. The van der Waals surface area contributed by atoms with Crippen molar-refractivity contribution in [3.8, 4) is 0 Å². The normalized spacial score (nSPS) is 10.9. The van der Waals surface area contributed by atoms with Crippen molar-refractivity contribution < 1.29 is 0 Å². The Balaban J connectivity index is 2.91. The highest BCUT2D eigenvalue weighted by molar-refractivity contribution is 9.10. The molecule has 0 aliphatic carbocycles. The van der Waals surface area contributed by atoms with E-state index in [1.807, 2.05) is 6.07 Å². The smallest absolute Gasteiger partial charge is 0.0689 e. The number of halogens is 4. The molecule has 2 rings (SSSR count). The first-order chi connectivity index (χ1) is 7.15. The largest absolute Gasteiger partial charge is 0.263 e. The summed E-state index contributed by atoms with van der Waals surface area (Å²) in [6, 6.07) is 2.00. The van der Waals surface area contributed by atoms with E-state index in [0.29, 0.717) is 15.4 Å². The highest BCUT2D eigenvalue weighted by atomic mass is 79.9. The van der Waals surface area contributed by atoms with E-state index in [0.717, 1.165) is 20.8 Å². The molecule has 2 aromatic rings. The van der Waals surface area contributed by atoms with Crippen molar-refractivity contribution in [3.63, 3.8) is 0 Å². The third-order valence-electron chi connectivity index (χ3n) is 2.11. The van der Waals surface area contributed by atoms with Gasteiger partial charge in [-0.05, 0) is 27.6 Å². The molecule has 1 heterocycles. The fraction of sp³-hybridized carbons (Fsp3) is 0.100. The second-order valence-corrected chi connectivity index (χ2v) is 5.18. The standard InChI is InChI=1S/C10H5Br2Cl2N/c11-2-5-1-6-7(10(14)9(5)13)3-15-4-8(6)12/h1,3-4H,2H2. The number of hydrogen-bond donors (Lipinski definition) is 0. The van der Waals surface area contributed by atoms with Gasteiger partial charge in [0.05, 0.1) is 10.0 Å². The number of rotatable bonds is 1. The van der Waals surface area contributed by atoms with Gasteiger partial charge < -0.3 is 0 Å². The molecule has 0 saturated heterocycles. The minimum Gasteiger partial charge on any atom is -0.263 e. The van der Waals surface area contributed by atoms with E-state index < -0.39 is 0 Å². The molecule has 1 aromatic heterocycles. The van der Waals surface area contributed by atoms with Crippen LogP contribution in [0.3, 0.4) is 0 Å². The van der Waals surface area contributed by atoms with Gasteiger partial charge in [0.1, 0.15) is 0 Å². The fourth-order valence-electron chi connectivity index (χ4n) is 1.36. The van der Waals surface area contributed by atoms with Gasteiger partial charge in [-0.3, -0.25) is 4.98 Å². The van der Waals surface area contributed by atoms with Crippen molar-refractivity contribution in [2.45, 2.75) is 5.33 Å². The van der Waals surface area contributed by atoms with E-state index in [9.17, 15) is 0 Å². The second kappa shape index (κ2) is 4.58. The molecular formula is C10H5Br2Cl2N. The minimum absolute atomic E-state index is 0.553. The van der Waals surface area contributed by atoms with Gasteiger partial charge in [0.25, 0.3) is 0 Å². The van der Waals surface area contributed by atoms with Crippen molar-refractivity contribution in [2.75, 3.05) is 0 Å². The Morgan fingerprint density at radius 1 is 1.13 bits per heavy atom. The summed E-state index contributed by atoms with van der Waals surface area (Å²) in [6.45, 7) is 0. The topological polar surface area (TPSA) is 12.9 Å². The Kier molecular flexibility index (Phi) is 3.56. The molecule has 0 atom stereocenters. The maximum atomic E-state index is 6.17. The highest BCUT2D eigenvalue weighted by Gasteiger charge is 2.11. The zero-order valence-corrected chi connectivity index (χ0v) is 12.1. The average Bonchev–Trinajstić information content (AvgIpc) is 2.24. The van der Waals surface area contributed by atoms with E-state index in [1.54, 1.807) is 12.4 Å². The first-order valence-electron chi connectivity index (χ1n) is 4.11. The fourth-order valence-corrected chi connectivity index (χ4v) is 2.91. The van der Waals surface area contributed by atoms with Crippen LogP contribution in [0.15, 0.2) is 22.9 Å². The summed E-state index contributed by atoms with van der Waals surface area (Å²) in [4.78, 5) is 4.07. The summed E-state index contributed by atoms with van der Waals surface area (Å²) in [7, 11) is 0. The number of benzene rings is 1. The molecule has 0 spiro atoms. The quantitative estimate of drug-likeness (QED) is 0.630. The molecule has 1 aromatic carbocycles. The Bertz CT molecular complexity index is 528. The molecule has 0 N–H and O–H groups in total. The van der Waals surface area contributed by atoms with Crippen LogP contribution < -0.4 is 0 Å². The first kappa shape index (κ1) is 11.6. The minimum atomic E-state index is 0.553. The van der Waals surface area contributed by atoms with Crippen molar-refractivity contribution in [1.29, 1.82) is 0 Å². The maximum absolute atomic E-state index is 6.17. The van der Waals surface area contributed by atoms with E-state index in [1.165, 1.54) is 0 Å². The van der Waals surface area contributed by atoms with Gasteiger partial charge in [0.15, 0.2) is 0 Å². The Labute approximate surface area is 114 Å². The number of aromatic nitrogens is 1. The lowest BCUT2D eigenvalue weighted by atomic mass is 10.1. The lowest BCUT2D eigenvalue weighted by Gasteiger charge is -2.08. The van der Waals surface area contributed by atoms with Gasteiger partial charge in [0, 0.05) is 33.0 Å². The van der Waals surface area contributed by atoms with E-state index in [-0.39, 0.29) is 0 Å². The number of alkyl halides is 1. The molecule has 0 fully saturated rings. The molecule has 0 unspecified atom stereocenters. The van der Waals surface area contributed by atoms with Crippen molar-refractivity contribution >= 4 is 65.8 Å². The zero-order valence-electron chi connectivity index (χ0n) is 7.40. The SMILES string of the molecule is Clc1c(CBr)cc2c(Br)cncc2c1Cl. The van der Waals surface area contributed by atoms with E-state index in [4.69, 9.17) is 23.2 Å². The third-order valence-corrected chi connectivity index (χ3v) is 4.27. The second-order valence-electron chi connectivity index (χ2n) is 3.01. The monoisotopic (exact) mass is 367 g/mol. The van der Waals surface area contributed by atoms with Crippen LogP contribution in [0.25, 0.3) is 10.8 Å². The van der Waals surface area contributed by atoms with Crippen LogP contribution in [0.5, 0.6) is 0 Å². The van der Waals surface area contributed by atoms with E-state index in [2.05, 4.69) is 36.8 Å². The van der Waals surface area contributed by atoms with Gasteiger partial charge in [-0.1, -0.05) is 39.1 Å². The molecule has 0 aliphatic rings. The molecule has 15 heavy (non-hydrogen) atoms. The number of nitrogens with zero attached hydrogens (tertiary/aromatic N) is 1. The average molecular weight is 370 g/mol. The zero-order chi connectivity index (χ0) is 11.0. The summed E-state index contributed by atoms with van der Waals surface area (Å²) < 4.78 is 0.917. The molecule has 0 saturated carbocycles. The summed E-state index contributed by atoms with van der Waals surface area (Å²) >= 11 is 19.1. The van der Waals surface area contributed by atoms with E-state index >= 15 is 0 Å². The van der Waals surface area contributed by atoms with Gasteiger partial charge in [-0.25, -0.2) is 0 Å². The van der Waals surface area contributed by atoms with Crippen molar-refractivity contribution in [1.82, 2.24) is 4.98 Å². The van der Waals surface area contributed by atoms with Gasteiger partial charge >= 0.3 is 0 Å².